The van der Waals surface area contributed by atoms with Crippen molar-refractivity contribution >= 4 is 11.5 Å². The standard InChI is InChI=1S/C28H37N5/c1-8-10-27-32-26(16-15-24(33(27)7)17-19(3)4)21(6)31-25(9-2)22-11-13-23(14-12-22)28-29-18-20(5)30-28/h10-15,25,31H,3,5-6,8-9,16-18H2,1-2,4,7H3,(H,29,30)/b27-10-/t25-/m0/s1. The molecule has 0 unspecified atom stereocenters. The van der Waals surface area contributed by atoms with Crippen LogP contribution in [-0.4, -0.2) is 30.0 Å². The van der Waals surface area contributed by atoms with Crippen LogP contribution in [0.15, 0.2) is 94.6 Å². The van der Waals surface area contributed by atoms with E-state index in [-0.39, 0.29) is 6.04 Å². The predicted octanol–water partition coefficient (Wildman–Crippen LogP) is 5.98. The lowest BCUT2D eigenvalue weighted by molar-refractivity contribution is 0.498. The maximum absolute atomic E-state index is 4.99. The fourth-order valence-corrected chi connectivity index (χ4v) is 3.99. The minimum atomic E-state index is 0.154. The van der Waals surface area contributed by atoms with Crippen molar-refractivity contribution in [3.8, 4) is 0 Å². The zero-order valence-corrected chi connectivity index (χ0v) is 20.5. The molecule has 33 heavy (non-hydrogen) atoms. The van der Waals surface area contributed by atoms with Crippen LogP contribution in [0, 0.1) is 0 Å². The van der Waals surface area contributed by atoms with Crippen molar-refractivity contribution in [3.63, 3.8) is 0 Å². The van der Waals surface area contributed by atoms with Crippen molar-refractivity contribution in [2.75, 3.05) is 13.6 Å². The summed E-state index contributed by atoms with van der Waals surface area (Å²) >= 11 is 0. The molecule has 0 aliphatic carbocycles. The van der Waals surface area contributed by atoms with E-state index in [1.807, 2.05) is 0 Å². The number of allylic oxidation sites excluding steroid dienone is 4. The quantitative estimate of drug-likeness (QED) is 0.462. The van der Waals surface area contributed by atoms with Crippen molar-refractivity contribution in [3.05, 3.63) is 95.8 Å². The molecule has 2 aliphatic heterocycles. The van der Waals surface area contributed by atoms with E-state index in [0.29, 0.717) is 6.54 Å². The second-order valence-corrected chi connectivity index (χ2v) is 8.72. The molecule has 0 spiro atoms. The van der Waals surface area contributed by atoms with Crippen LogP contribution in [0.4, 0.5) is 0 Å². The molecular weight excluding hydrogens is 406 g/mol. The summed E-state index contributed by atoms with van der Waals surface area (Å²) in [7, 11) is 2.08. The van der Waals surface area contributed by atoms with Gasteiger partial charge < -0.3 is 15.5 Å². The molecule has 174 valence electrons. The minimum absolute atomic E-state index is 0.154. The van der Waals surface area contributed by atoms with Crippen molar-refractivity contribution in [1.82, 2.24) is 15.5 Å². The Balaban J connectivity index is 1.77. The van der Waals surface area contributed by atoms with Crippen LogP contribution >= 0.6 is 0 Å². The van der Waals surface area contributed by atoms with Gasteiger partial charge in [0, 0.05) is 42.5 Å². The van der Waals surface area contributed by atoms with E-state index in [1.165, 1.54) is 11.3 Å². The summed E-state index contributed by atoms with van der Waals surface area (Å²) in [5.41, 5.74) is 7.43. The third kappa shape index (κ3) is 6.13. The zero-order chi connectivity index (χ0) is 24.0. The van der Waals surface area contributed by atoms with Gasteiger partial charge in [-0.3, -0.25) is 4.99 Å². The smallest absolute Gasteiger partial charge is 0.132 e. The van der Waals surface area contributed by atoms with Gasteiger partial charge in [0.2, 0.25) is 0 Å². The molecule has 0 saturated heterocycles. The monoisotopic (exact) mass is 443 g/mol. The van der Waals surface area contributed by atoms with Crippen LogP contribution in [0.2, 0.25) is 0 Å². The molecule has 0 radical (unpaired) electrons. The molecule has 2 N–H and O–H groups in total. The molecule has 2 heterocycles. The van der Waals surface area contributed by atoms with Crippen LogP contribution in [0.5, 0.6) is 0 Å². The topological polar surface area (TPSA) is 52.0 Å². The van der Waals surface area contributed by atoms with Gasteiger partial charge in [-0.1, -0.05) is 69.5 Å². The zero-order valence-electron chi connectivity index (χ0n) is 20.5. The first-order valence-corrected chi connectivity index (χ1v) is 11.7. The van der Waals surface area contributed by atoms with E-state index < -0.39 is 0 Å². The third-order valence-electron chi connectivity index (χ3n) is 5.84. The molecule has 1 aromatic rings. The number of benzene rings is 1. The highest BCUT2D eigenvalue weighted by molar-refractivity contribution is 6.01. The van der Waals surface area contributed by atoms with Gasteiger partial charge in [0.15, 0.2) is 0 Å². The van der Waals surface area contributed by atoms with E-state index >= 15 is 0 Å². The van der Waals surface area contributed by atoms with Crippen molar-refractivity contribution in [1.29, 1.82) is 0 Å². The van der Waals surface area contributed by atoms with Crippen LogP contribution in [-0.2, 0) is 0 Å². The number of nitrogens with zero attached hydrogens (tertiary/aromatic N) is 3. The number of hydrogen-bond acceptors (Lipinski definition) is 5. The molecule has 0 saturated carbocycles. The lowest BCUT2D eigenvalue weighted by Crippen LogP contribution is -2.25. The molecule has 2 aliphatic rings. The first-order chi connectivity index (χ1) is 15.8. The number of nitrogens with one attached hydrogen (secondary N) is 2. The van der Waals surface area contributed by atoms with Crippen LogP contribution < -0.4 is 10.6 Å². The molecule has 3 rings (SSSR count). The lowest BCUT2D eigenvalue weighted by atomic mass is 10.0. The Morgan fingerprint density at radius 3 is 2.55 bits per heavy atom. The second kappa shape index (κ2) is 11.0. The van der Waals surface area contributed by atoms with Gasteiger partial charge in [-0.2, -0.15) is 0 Å². The van der Waals surface area contributed by atoms with Crippen LogP contribution in [0.25, 0.3) is 0 Å². The maximum atomic E-state index is 4.99. The summed E-state index contributed by atoms with van der Waals surface area (Å²) in [4.78, 5) is 11.6. The Labute approximate surface area is 199 Å². The summed E-state index contributed by atoms with van der Waals surface area (Å²) in [5.74, 6) is 1.85. The van der Waals surface area contributed by atoms with E-state index in [2.05, 4.69) is 104 Å². The molecule has 5 heteroatoms. The summed E-state index contributed by atoms with van der Waals surface area (Å²) in [5, 5.41) is 6.87. The molecular formula is C28H37N5. The van der Waals surface area contributed by atoms with Crippen LogP contribution in [0.1, 0.15) is 63.6 Å². The Kier molecular flexibility index (Phi) is 8.10. The van der Waals surface area contributed by atoms with Gasteiger partial charge in [-0.15, -0.1) is 0 Å². The Hall–Kier alpha value is -3.34. The Morgan fingerprint density at radius 2 is 1.97 bits per heavy atom. The summed E-state index contributed by atoms with van der Waals surface area (Å²) in [6.45, 7) is 19.4. The Morgan fingerprint density at radius 1 is 1.24 bits per heavy atom. The molecule has 0 aromatic heterocycles. The van der Waals surface area contributed by atoms with Gasteiger partial charge in [0.05, 0.1) is 18.3 Å². The highest BCUT2D eigenvalue weighted by atomic mass is 15.2. The number of hydrogen-bond donors (Lipinski definition) is 2. The number of rotatable bonds is 9. The van der Waals surface area contributed by atoms with Gasteiger partial charge in [0.25, 0.3) is 0 Å². The van der Waals surface area contributed by atoms with Gasteiger partial charge in [0.1, 0.15) is 11.7 Å². The largest absolute Gasteiger partial charge is 0.377 e. The van der Waals surface area contributed by atoms with Gasteiger partial charge >= 0.3 is 0 Å². The minimum Gasteiger partial charge on any atom is -0.377 e. The summed E-state index contributed by atoms with van der Waals surface area (Å²) < 4.78 is 0. The normalized spacial score (nSPS) is 18.2. The van der Waals surface area contributed by atoms with E-state index in [1.54, 1.807) is 0 Å². The number of aliphatic imine (C=N–C) groups is 2. The maximum Gasteiger partial charge on any atom is 0.132 e. The average molecular weight is 444 g/mol. The highest BCUT2D eigenvalue weighted by Crippen LogP contribution is 2.25. The molecule has 1 aromatic carbocycles. The van der Waals surface area contributed by atoms with Gasteiger partial charge in [-0.25, -0.2) is 4.99 Å². The predicted molar refractivity (Wildman–Crippen MR) is 141 cm³/mol. The molecule has 5 nitrogen and oxygen atoms in total. The Bertz CT molecular complexity index is 1040. The van der Waals surface area contributed by atoms with Crippen molar-refractivity contribution < 1.29 is 0 Å². The highest BCUT2D eigenvalue weighted by Gasteiger charge is 2.19. The fraction of sp³-hybridized carbons (Fsp3) is 0.357. The number of amidine groups is 1. The first kappa shape index (κ1) is 24.3. The summed E-state index contributed by atoms with van der Waals surface area (Å²) in [6.07, 6.45) is 7.86. The molecule has 0 fully saturated rings. The average Bonchev–Trinajstić information content (AvgIpc) is 3.17. The SMILES string of the molecule is C=C(C)CC1=CCC(C(=C)N[C@@H](CC)c2ccc(C3=NCC(=C)N3)cc2)=N/C(=C/CC)N1C. The van der Waals surface area contributed by atoms with E-state index in [9.17, 15) is 0 Å². The van der Waals surface area contributed by atoms with Gasteiger partial charge in [-0.05, 0) is 31.4 Å². The molecule has 0 amide bonds. The van der Waals surface area contributed by atoms with Crippen molar-refractivity contribution in [2.24, 2.45) is 9.98 Å². The third-order valence-corrected chi connectivity index (χ3v) is 5.84. The second-order valence-electron chi connectivity index (χ2n) is 8.72. The van der Waals surface area contributed by atoms with E-state index in [0.717, 1.165) is 65.6 Å². The first-order valence-electron chi connectivity index (χ1n) is 11.7. The fourth-order valence-electron chi connectivity index (χ4n) is 3.99. The summed E-state index contributed by atoms with van der Waals surface area (Å²) in [6, 6.07) is 8.69. The van der Waals surface area contributed by atoms with E-state index in [4.69, 9.17) is 4.99 Å². The van der Waals surface area contributed by atoms with Crippen LogP contribution in [0.3, 0.4) is 0 Å². The molecule has 0 bridgehead atoms. The lowest BCUT2D eigenvalue weighted by Gasteiger charge is -2.23. The van der Waals surface area contributed by atoms with Crippen molar-refractivity contribution in [2.45, 2.75) is 52.5 Å². The molecule has 1 atom stereocenters.